The number of benzene rings is 1. The normalized spacial score (nSPS) is 31.0. The minimum Gasteiger partial charge on any atom is -0.394 e. The van der Waals surface area contributed by atoms with Gasteiger partial charge in [0, 0.05) is 24.3 Å². The molecule has 1 aromatic rings. The third kappa shape index (κ3) is 4.90. The highest BCUT2D eigenvalue weighted by Crippen LogP contribution is 2.55. The zero-order valence-electron chi connectivity index (χ0n) is 26.1. The predicted octanol–water partition coefficient (Wildman–Crippen LogP) is 4.19. The lowest BCUT2D eigenvalue weighted by atomic mass is 9.77. The number of hydrogen-bond acceptors (Lipinski definition) is 5. The zero-order chi connectivity index (χ0) is 30.6. The summed E-state index contributed by atoms with van der Waals surface area (Å²) in [7, 11) is 0. The average Bonchev–Trinajstić information content (AvgIpc) is 3.23. The molecule has 1 N–H and O–H groups in total. The van der Waals surface area contributed by atoms with Gasteiger partial charge in [0.1, 0.15) is 11.6 Å². The third-order valence-electron chi connectivity index (χ3n) is 9.70. The standard InChI is InChI=1S/C34H47N3O5/c1-8-22(2)24(20-38)37-28-31(41)36(33(6,7)21-32(3,4)5)19-13-17-34(28)27(30(37)40)26-25(42-34)16-12-18-35(29(26)39)23-14-10-9-11-15-23/h9-17,22,24-28,38H,8,18-21H2,1-7H3/t22-,24-,25+,26-,27-,28?,34-/m0/s1. The summed E-state index contributed by atoms with van der Waals surface area (Å²) < 4.78 is 6.82. The van der Waals surface area contributed by atoms with Crippen LogP contribution in [0.25, 0.3) is 0 Å². The monoisotopic (exact) mass is 577 g/mol. The van der Waals surface area contributed by atoms with Crippen LogP contribution in [0.1, 0.15) is 61.3 Å². The fourth-order valence-corrected chi connectivity index (χ4v) is 8.03. The molecule has 228 valence electrons. The summed E-state index contributed by atoms with van der Waals surface area (Å²) in [6, 6.07) is 7.88. The van der Waals surface area contributed by atoms with Gasteiger partial charge < -0.3 is 24.5 Å². The number of likely N-dealkylation sites (tertiary alicyclic amines) is 1. The summed E-state index contributed by atoms with van der Waals surface area (Å²) in [5.74, 6) is -2.43. The molecule has 4 aliphatic rings. The van der Waals surface area contributed by atoms with Crippen LogP contribution >= 0.6 is 0 Å². The second kappa shape index (κ2) is 10.9. The van der Waals surface area contributed by atoms with Crippen LogP contribution in [0.3, 0.4) is 0 Å². The number of para-hydroxylation sites is 1. The summed E-state index contributed by atoms with van der Waals surface area (Å²) in [6.07, 6.45) is 8.46. The number of anilines is 1. The topological polar surface area (TPSA) is 90.4 Å². The molecule has 7 atom stereocenters. The van der Waals surface area contributed by atoms with Crippen molar-refractivity contribution in [1.82, 2.24) is 9.80 Å². The molecule has 0 radical (unpaired) electrons. The van der Waals surface area contributed by atoms with Gasteiger partial charge in [-0.25, -0.2) is 0 Å². The van der Waals surface area contributed by atoms with Gasteiger partial charge in [-0.05, 0) is 43.7 Å². The summed E-state index contributed by atoms with van der Waals surface area (Å²) in [6.45, 7) is 15.1. The number of ether oxygens (including phenoxy) is 1. The van der Waals surface area contributed by atoms with E-state index in [2.05, 4.69) is 34.6 Å². The van der Waals surface area contributed by atoms with Crippen molar-refractivity contribution >= 4 is 23.4 Å². The molecule has 2 fully saturated rings. The Balaban J connectivity index is 1.64. The van der Waals surface area contributed by atoms with Gasteiger partial charge in [-0.1, -0.05) is 83.5 Å². The molecule has 8 heteroatoms. The van der Waals surface area contributed by atoms with Crippen molar-refractivity contribution in [1.29, 1.82) is 0 Å². The average molecular weight is 578 g/mol. The molecule has 8 nitrogen and oxygen atoms in total. The van der Waals surface area contributed by atoms with E-state index in [0.29, 0.717) is 13.1 Å². The molecular weight excluding hydrogens is 530 g/mol. The molecule has 5 rings (SSSR count). The SMILES string of the molecule is CC[C@H](C)[C@H](CO)N1C(=O)[C@@H]2[C@H]3C(=O)N(c4ccccc4)CC=C[C@H]3O[C@@]23C=CCN(C(C)(C)CC(C)(C)C)C(=O)C13. The Morgan fingerprint density at radius 1 is 1.00 bits per heavy atom. The molecule has 1 unspecified atom stereocenters. The summed E-state index contributed by atoms with van der Waals surface area (Å²) in [4.78, 5) is 49.1. The second-order valence-corrected chi connectivity index (χ2v) is 14.3. The second-order valence-electron chi connectivity index (χ2n) is 14.3. The molecule has 1 aromatic carbocycles. The minimum atomic E-state index is -1.32. The summed E-state index contributed by atoms with van der Waals surface area (Å²) in [5, 5.41) is 10.6. The molecule has 0 saturated carbocycles. The Labute approximate surface area is 250 Å². The van der Waals surface area contributed by atoms with E-state index in [4.69, 9.17) is 4.74 Å². The Morgan fingerprint density at radius 3 is 2.31 bits per heavy atom. The Kier molecular flexibility index (Phi) is 7.94. The van der Waals surface area contributed by atoms with E-state index in [1.807, 2.05) is 73.4 Å². The predicted molar refractivity (Wildman–Crippen MR) is 162 cm³/mol. The van der Waals surface area contributed by atoms with Crippen LogP contribution in [0, 0.1) is 23.2 Å². The van der Waals surface area contributed by atoms with Crippen LogP contribution in [0.2, 0.25) is 0 Å². The van der Waals surface area contributed by atoms with E-state index in [1.54, 1.807) is 9.80 Å². The first-order valence-corrected chi connectivity index (χ1v) is 15.4. The first-order chi connectivity index (χ1) is 19.8. The lowest BCUT2D eigenvalue weighted by Crippen LogP contribution is -2.62. The van der Waals surface area contributed by atoms with Crippen LogP contribution in [-0.2, 0) is 19.1 Å². The smallest absolute Gasteiger partial charge is 0.249 e. The summed E-state index contributed by atoms with van der Waals surface area (Å²) >= 11 is 0. The quantitative estimate of drug-likeness (QED) is 0.491. The maximum atomic E-state index is 14.8. The number of aliphatic hydroxyl groups excluding tert-OH is 1. The van der Waals surface area contributed by atoms with E-state index in [-0.39, 0.29) is 35.7 Å². The molecule has 3 amide bonds. The van der Waals surface area contributed by atoms with Gasteiger partial charge in [-0.2, -0.15) is 0 Å². The van der Waals surface area contributed by atoms with Gasteiger partial charge >= 0.3 is 0 Å². The summed E-state index contributed by atoms with van der Waals surface area (Å²) in [5.41, 5.74) is -1.12. The minimum absolute atomic E-state index is 0.0370. The van der Waals surface area contributed by atoms with Crippen LogP contribution in [0.5, 0.6) is 0 Å². The van der Waals surface area contributed by atoms with Crippen LogP contribution in [0.15, 0.2) is 54.6 Å². The lowest BCUT2D eigenvalue weighted by Gasteiger charge is -2.46. The van der Waals surface area contributed by atoms with Gasteiger partial charge in [0.25, 0.3) is 0 Å². The number of rotatable bonds is 7. The van der Waals surface area contributed by atoms with Crippen molar-refractivity contribution < 1.29 is 24.2 Å². The van der Waals surface area contributed by atoms with Crippen molar-refractivity contribution in [3.8, 4) is 0 Å². The van der Waals surface area contributed by atoms with Crippen LogP contribution in [-0.4, -0.2) is 81.7 Å². The fourth-order valence-electron chi connectivity index (χ4n) is 8.03. The van der Waals surface area contributed by atoms with E-state index in [0.717, 1.165) is 18.5 Å². The molecule has 4 aliphatic heterocycles. The number of hydrogen-bond donors (Lipinski definition) is 1. The highest BCUT2D eigenvalue weighted by molar-refractivity contribution is 6.04. The van der Waals surface area contributed by atoms with E-state index < -0.39 is 41.2 Å². The third-order valence-corrected chi connectivity index (χ3v) is 9.70. The first kappa shape index (κ1) is 30.5. The molecule has 0 aromatic heterocycles. The molecular formula is C34H47N3O5. The highest BCUT2D eigenvalue weighted by Gasteiger charge is 2.73. The maximum absolute atomic E-state index is 14.8. The molecule has 0 bridgehead atoms. The fraction of sp³-hybridized carbons (Fsp3) is 0.618. The van der Waals surface area contributed by atoms with E-state index in [1.165, 1.54) is 0 Å². The Morgan fingerprint density at radius 2 is 1.69 bits per heavy atom. The van der Waals surface area contributed by atoms with Crippen LogP contribution in [0.4, 0.5) is 5.69 Å². The van der Waals surface area contributed by atoms with Crippen molar-refractivity contribution in [2.24, 2.45) is 23.2 Å². The maximum Gasteiger partial charge on any atom is 0.249 e. The van der Waals surface area contributed by atoms with Gasteiger partial charge in [-0.15, -0.1) is 0 Å². The molecule has 0 aliphatic carbocycles. The van der Waals surface area contributed by atoms with Crippen molar-refractivity contribution in [3.63, 3.8) is 0 Å². The van der Waals surface area contributed by atoms with Gasteiger partial charge in [-0.3, -0.25) is 14.4 Å². The molecule has 2 saturated heterocycles. The first-order valence-electron chi connectivity index (χ1n) is 15.4. The number of carbonyl (C=O) groups is 3. The van der Waals surface area contributed by atoms with Crippen LogP contribution < -0.4 is 4.90 Å². The van der Waals surface area contributed by atoms with E-state index >= 15 is 0 Å². The van der Waals surface area contributed by atoms with Gasteiger partial charge in [0.15, 0.2) is 0 Å². The Bertz CT molecular complexity index is 1270. The number of amides is 3. The number of fused-ring (bicyclic) bond motifs is 2. The number of carbonyl (C=O) groups excluding carboxylic acids is 3. The van der Waals surface area contributed by atoms with E-state index in [9.17, 15) is 19.5 Å². The zero-order valence-corrected chi connectivity index (χ0v) is 26.1. The van der Waals surface area contributed by atoms with Gasteiger partial charge in [0.05, 0.1) is 30.6 Å². The molecule has 42 heavy (non-hydrogen) atoms. The Hall–Kier alpha value is -2.97. The largest absolute Gasteiger partial charge is 0.394 e. The molecule has 4 heterocycles. The van der Waals surface area contributed by atoms with Gasteiger partial charge in [0.2, 0.25) is 17.7 Å². The number of nitrogens with zero attached hydrogens (tertiary/aromatic N) is 3. The van der Waals surface area contributed by atoms with Crippen molar-refractivity contribution in [3.05, 3.63) is 54.6 Å². The van der Waals surface area contributed by atoms with Crippen molar-refractivity contribution in [2.75, 3.05) is 24.6 Å². The van der Waals surface area contributed by atoms with Crippen molar-refractivity contribution in [2.45, 2.75) is 90.6 Å². The highest BCUT2D eigenvalue weighted by atomic mass is 16.5. The lowest BCUT2D eigenvalue weighted by molar-refractivity contribution is -0.155. The number of aliphatic hydroxyl groups is 1. The molecule has 1 spiro atoms.